The van der Waals surface area contributed by atoms with E-state index in [1.165, 1.54) is 35.3 Å². The Morgan fingerprint density at radius 1 is 1.04 bits per heavy atom. The molecule has 0 radical (unpaired) electrons. The molecule has 1 N–H and O–H groups in total. The molecule has 3 nitrogen and oxygen atoms in total. The Morgan fingerprint density at radius 2 is 1.78 bits per heavy atom. The van der Waals surface area contributed by atoms with Crippen LogP contribution in [0.15, 0.2) is 42.5 Å². The van der Waals surface area contributed by atoms with Crippen molar-refractivity contribution in [2.75, 3.05) is 6.61 Å². The third-order valence-corrected chi connectivity index (χ3v) is 5.75. The number of phenolic OH excluding ortho intramolecular Hbond substituents is 1. The zero-order valence-electron chi connectivity index (χ0n) is 16.3. The Kier molecular flexibility index (Phi) is 6.51. The van der Waals surface area contributed by atoms with Gasteiger partial charge in [0.05, 0.1) is 12.3 Å². The second kappa shape index (κ2) is 9.05. The quantitative estimate of drug-likeness (QED) is 0.593. The normalized spacial score (nSPS) is 12.3. The first-order valence-corrected chi connectivity index (χ1v) is 10.5. The van der Waals surface area contributed by atoms with Crippen LogP contribution < -0.4 is 4.74 Å². The van der Waals surface area contributed by atoms with Crippen molar-refractivity contribution in [2.24, 2.45) is 0 Å². The van der Waals surface area contributed by atoms with Gasteiger partial charge in [0.25, 0.3) is 0 Å². The van der Waals surface area contributed by atoms with Gasteiger partial charge in [0.2, 0.25) is 0 Å². The molecule has 1 aliphatic carbocycles. The molecule has 0 bridgehead atoms. The zero-order chi connectivity index (χ0) is 19.2. The molecule has 0 unspecified atom stereocenters. The molecule has 0 amide bonds. The predicted molar refractivity (Wildman–Crippen MR) is 113 cm³/mol. The van der Waals surface area contributed by atoms with Gasteiger partial charge in [-0.2, -0.15) is 0 Å². The predicted octanol–water partition coefficient (Wildman–Crippen LogP) is 5.96. The highest BCUT2D eigenvalue weighted by atomic mass is 32.1. The average molecular weight is 382 g/mol. The molecule has 4 heteroatoms. The van der Waals surface area contributed by atoms with Crippen molar-refractivity contribution < 1.29 is 9.84 Å². The highest BCUT2D eigenvalue weighted by molar-refractivity contribution is 7.15. The maximum atomic E-state index is 9.41. The number of fused-ring (bicyclic) bond motifs is 1. The lowest BCUT2D eigenvalue weighted by atomic mass is 10.1. The molecule has 1 aliphatic rings. The SMILES string of the molecule is CC.Cc1sc(-c2ccc(O)cc2)nc1CCOc1ccc2c(c1)CCC2. The van der Waals surface area contributed by atoms with E-state index in [-0.39, 0.29) is 5.75 Å². The molecule has 0 aliphatic heterocycles. The van der Waals surface area contributed by atoms with Crippen LogP contribution in [0.5, 0.6) is 11.5 Å². The number of ether oxygens (including phenoxy) is 1. The first-order valence-electron chi connectivity index (χ1n) is 9.69. The van der Waals surface area contributed by atoms with Crippen LogP contribution in [-0.4, -0.2) is 16.7 Å². The topological polar surface area (TPSA) is 42.4 Å². The number of aryl methyl sites for hydroxylation is 3. The molecule has 0 saturated heterocycles. The summed E-state index contributed by atoms with van der Waals surface area (Å²) < 4.78 is 5.95. The molecule has 2 aromatic carbocycles. The van der Waals surface area contributed by atoms with Crippen LogP contribution in [-0.2, 0) is 19.3 Å². The Balaban J connectivity index is 0.00000102. The summed E-state index contributed by atoms with van der Waals surface area (Å²) >= 11 is 1.69. The van der Waals surface area contributed by atoms with E-state index in [0.717, 1.165) is 28.4 Å². The monoisotopic (exact) mass is 381 g/mol. The van der Waals surface area contributed by atoms with Gasteiger partial charge in [0.1, 0.15) is 16.5 Å². The minimum Gasteiger partial charge on any atom is -0.508 e. The number of aromatic nitrogens is 1. The molecule has 0 spiro atoms. The van der Waals surface area contributed by atoms with Crippen molar-refractivity contribution in [3.8, 4) is 22.1 Å². The van der Waals surface area contributed by atoms with Crippen molar-refractivity contribution in [1.29, 1.82) is 0 Å². The summed E-state index contributed by atoms with van der Waals surface area (Å²) in [7, 11) is 0. The molecule has 1 aromatic heterocycles. The fourth-order valence-electron chi connectivity index (χ4n) is 3.29. The third-order valence-electron chi connectivity index (χ3n) is 4.68. The van der Waals surface area contributed by atoms with Gasteiger partial charge in [-0.15, -0.1) is 11.3 Å². The fourth-order valence-corrected chi connectivity index (χ4v) is 4.26. The van der Waals surface area contributed by atoms with Crippen LogP contribution in [0.25, 0.3) is 10.6 Å². The third kappa shape index (κ3) is 4.69. The van der Waals surface area contributed by atoms with Crippen LogP contribution in [0.1, 0.15) is 42.0 Å². The summed E-state index contributed by atoms with van der Waals surface area (Å²) in [5.74, 6) is 1.24. The van der Waals surface area contributed by atoms with Crippen LogP contribution in [0.3, 0.4) is 0 Å². The smallest absolute Gasteiger partial charge is 0.123 e. The summed E-state index contributed by atoms with van der Waals surface area (Å²) in [4.78, 5) is 5.98. The number of thiazole rings is 1. The minimum absolute atomic E-state index is 0.278. The summed E-state index contributed by atoms with van der Waals surface area (Å²) in [5.41, 5.74) is 5.05. The zero-order valence-corrected chi connectivity index (χ0v) is 17.1. The molecule has 1 heterocycles. The van der Waals surface area contributed by atoms with Crippen LogP contribution in [0.4, 0.5) is 0 Å². The lowest BCUT2D eigenvalue weighted by Crippen LogP contribution is -2.03. The van der Waals surface area contributed by atoms with E-state index < -0.39 is 0 Å². The number of hydrogen-bond acceptors (Lipinski definition) is 4. The van der Waals surface area contributed by atoms with E-state index in [1.807, 2.05) is 26.0 Å². The largest absolute Gasteiger partial charge is 0.508 e. The molecule has 4 rings (SSSR count). The molecule has 0 saturated carbocycles. The lowest BCUT2D eigenvalue weighted by molar-refractivity contribution is 0.320. The first-order chi connectivity index (χ1) is 13.2. The van der Waals surface area contributed by atoms with Gasteiger partial charge in [0, 0.05) is 16.9 Å². The van der Waals surface area contributed by atoms with Gasteiger partial charge < -0.3 is 9.84 Å². The number of aromatic hydroxyl groups is 1. The second-order valence-corrected chi connectivity index (χ2v) is 7.65. The van der Waals surface area contributed by atoms with Crippen molar-refractivity contribution in [2.45, 2.75) is 46.5 Å². The van der Waals surface area contributed by atoms with Crippen molar-refractivity contribution in [3.63, 3.8) is 0 Å². The van der Waals surface area contributed by atoms with Crippen molar-refractivity contribution in [3.05, 3.63) is 64.2 Å². The molecule has 142 valence electrons. The van der Waals surface area contributed by atoms with Gasteiger partial charge in [-0.1, -0.05) is 19.9 Å². The van der Waals surface area contributed by atoms with Crippen LogP contribution >= 0.6 is 11.3 Å². The number of benzene rings is 2. The number of hydrogen-bond donors (Lipinski definition) is 1. The van der Waals surface area contributed by atoms with Gasteiger partial charge in [0.15, 0.2) is 0 Å². The Hall–Kier alpha value is -2.33. The standard InChI is InChI=1S/C21H21NO2S.C2H6/c1-14-20(22-21(25-14)16-5-8-18(23)9-6-16)11-12-24-19-10-7-15-3-2-4-17(15)13-19;1-2/h5-10,13,23H,2-4,11-12H2,1H3;1-2H3. The highest BCUT2D eigenvalue weighted by Crippen LogP contribution is 2.29. The van der Waals surface area contributed by atoms with Gasteiger partial charge in [-0.25, -0.2) is 4.98 Å². The van der Waals surface area contributed by atoms with E-state index in [2.05, 4.69) is 25.1 Å². The Morgan fingerprint density at radius 3 is 2.56 bits per heavy atom. The summed E-state index contributed by atoms with van der Waals surface area (Å²) in [6, 6.07) is 13.7. The number of phenols is 1. The fraction of sp³-hybridized carbons (Fsp3) is 0.348. The summed E-state index contributed by atoms with van der Waals surface area (Å²) in [6.45, 7) is 6.74. The number of nitrogens with zero attached hydrogens (tertiary/aromatic N) is 1. The molecule has 27 heavy (non-hydrogen) atoms. The van der Waals surface area contributed by atoms with E-state index >= 15 is 0 Å². The van der Waals surface area contributed by atoms with E-state index in [4.69, 9.17) is 9.72 Å². The van der Waals surface area contributed by atoms with Crippen molar-refractivity contribution in [1.82, 2.24) is 4.98 Å². The molecular weight excluding hydrogens is 354 g/mol. The Labute approximate surface area is 165 Å². The molecule has 0 atom stereocenters. The highest BCUT2D eigenvalue weighted by Gasteiger charge is 2.12. The maximum absolute atomic E-state index is 9.41. The number of rotatable bonds is 5. The Bertz CT molecular complexity index is 884. The second-order valence-electron chi connectivity index (χ2n) is 6.45. The van der Waals surface area contributed by atoms with Gasteiger partial charge >= 0.3 is 0 Å². The van der Waals surface area contributed by atoms with Crippen LogP contribution in [0, 0.1) is 6.92 Å². The van der Waals surface area contributed by atoms with Gasteiger partial charge in [-0.05, 0) is 73.7 Å². The van der Waals surface area contributed by atoms with E-state index in [1.54, 1.807) is 23.5 Å². The van der Waals surface area contributed by atoms with E-state index in [0.29, 0.717) is 6.61 Å². The lowest BCUT2D eigenvalue weighted by Gasteiger charge is -2.07. The summed E-state index contributed by atoms with van der Waals surface area (Å²) in [6.07, 6.45) is 4.44. The maximum Gasteiger partial charge on any atom is 0.123 e. The molecule has 0 fully saturated rings. The van der Waals surface area contributed by atoms with Crippen LogP contribution in [0.2, 0.25) is 0 Å². The van der Waals surface area contributed by atoms with Crippen molar-refractivity contribution >= 4 is 11.3 Å². The van der Waals surface area contributed by atoms with E-state index in [9.17, 15) is 5.11 Å². The first kappa shape index (κ1) is 19.4. The average Bonchev–Trinajstić information content (AvgIpc) is 3.30. The molecular formula is C23H27NO2S. The molecule has 3 aromatic rings. The van der Waals surface area contributed by atoms with Gasteiger partial charge in [-0.3, -0.25) is 0 Å². The minimum atomic E-state index is 0.278. The summed E-state index contributed by atoms with van der Waals surface area (Å²) in [5, 5.41) is 10.4.